The zero-order valence-corrected chi connectivity index (χ0v) is 17.9. The van der Waals surface area contributed by atoms with Crippen molar-refractivity contribution < 1.29 is 4.74 Å². The van der Waals surface area contributed by atoms with E-state index in [4.69, 9.17) is 4.74 Å². The van der Waals surface area contributed by atoms with Crippen molar-refractivity contribution in [1.29, 1.82) is 0 Å². The molecule has 26 heavy (non-hydrogen) atoms. The molecule has 0 aliphatic heterocycles. The van der Waals surface area contributed by atoms with E-state index in [0.29, 0.717) is 12.7 Å². The standard InChI is InChI=1S/C18H32N6OSi/c1-15-7-9-19-17(21-15)22-18-20-13-16(8-10-23(2)3)24(18)14-25-11-12-26(4,5)6/h7,9,13H,8,10-12,14H2,1-6H3,(H,19,20,21,22). The summed E-state index contributed by atoms with van der Waals surface area (Å²) in [6.45, 7) is 11.2. The van der Waals surface area contributed by atoms with E-state index in [0.717, 1.165) is 43.0 Å². The smallest absolute Gasteiger partial charge is 0.229 e. The molecule has 1 N–H and O–H groups in total. The highest BCUT2D eigenvalue weighted by molar-refractivity contribution is 6.76. The van der Waals surface area contributed by atoms with E-state index in [1.54, 1.807) is 6.20 Å². The number of ether oxygens (including phenoxy) is 1. The summed E-state index contributed by atoms with van der Waals surface area (Å²) >= 11 is 0. The van der Waals surface area contributed by atoms with Gasteiger partial charge in [0.1, 0.15) is 6.73 Å². The third-order valence-corrected chi connectivity index (χ3v) is 5.69. The van der Waals surface area contributed by atoms with Gasteiger partial charge in [-0.25, -0.2) is 15.0 Å². The molecular weight excluding hydrogens is 344 g/mol. The number of aromatic nitrogens is 4. The van der Waals surface area contributed by atoms with Gasteiger partial charge in [-0.1, -0.05) is 19.6 Å². The number of imidazole rings is 1. The largest absolute Gasteiger partial charge is 0.361 e. The Bertz CT molecular complexity index is 695. The molecule has 0 unspecified atom stereocenters. The molecule has 0 amide bonds. The quantitative estimate of drug-likeness (QED) is 0.507. The highest BCUT2D eigenvalue weighted by Crippen LogP contribution is 2.16. The van der Waals surface area contributed by atoms with Crippen LogP contribution in [0.5, 0.6) is 0 Å². The molecule has 0 saturated heterocycles. The Labute approximate surface area is 157 Å². The molecule has 2 rings (SSSR count). The molecule has 0 saturated carbocycles. The van der Waals surface area contributed by atoms with Gasteiger partial charge in [0.25, 0.3) is 0 Å². The summed E-state index contributed by atoms with van der Waals surface area (Å²) in [6, 6.07) is 3.03. The lowest BCUT2D eigenvalue weighted by Gasteiger charge is -2.17. The topological polar surface area (TPSA) is 68.1 Å². The van der Waals surface area contributed by atoms with Gasteiger partial charge < -0.3 is 9.64 Å². The summed E-state index contributed by atoms with van der Waals surface area (Å²) in [6.07, 6.45) is 4.56. The second-order valence-corrected chi connectivity index (χ2v) is 13.7. The highest BCUT2D eigenvalue weighted by Gasteiger charge is 2.14. The Balaban J connectivity index is 2.10. The number of nitrogens with zero attached hydrogens (tertiary/aromatic N) is 5. The average Bonchev–Trinajstić information content (AvgIpc) is 2.90. The van der Waals surface area contributed by atoms with E-state index in [9.17, 15) is 0 Å². The maximum atomic E-state index is 5.97. The SMILES string of the molecule is Cc1ccnc(Nc2ncc(CCN(C)C)n2COCC[Si](C)(C)C)n1. The summed E-state index contributed by atoms with van der Waals surface area (Å²) in [5.74, 6) is 1.27. The molecule has 2 heterocycles. The van der Waals surface area contributed by atoms with Crippen LogP contribution in [0.1, 0.15) is 11.4 Å². The molecule has 0 bridgehead atoms. The molecule has 0 aliphatic carbocycles. The summed E-state index contributed by atoms with van der Waals surface area (Å²) < 4.78 is 8.05. The number of likely N-dealkylation sites (N-methyl/N-ethyl adjacent to an activating group) is 1. The van der Waals surface area contributed by atoms with Gasteiger partial charge in [-0.15, -0.1) is 0 Å². The second-order valence-electron chi connectivity index (χ2n) is 8.05. The van der Waals surface area contributed by atoms with Crippen molar-refractivity contribution in [3.63, 3.8) is 0 Å². The Hall–Kier alpha value is -1.77. The molecule has 0 aliphatic rings. The monoisotopic (exact) mass is 376 g/mol. The molecule has 0 spiro atoms. The first-order valence-corrected chi connectivity index (χ1v) is 12.8. The van der Waals surface area contributed by atoms with E-state index in [1.807, 2.05) is 19.2 Å². The minimum atomic E-state index is -1.10. The molecule has 0 radical (unpaired) electrons. The fourth-order valence-electron chi connectivity index (χ4n) is 2.34. The average molecular weight is 377 g/mol. The predicted molar refractivity (Wildman–Crippen MR) is 109 cm³/mol. The van der Waals surface area contributed by atoms with Crippen LogP contribution < -0.4 is 5.32 Å². The molecule has 0 aromatic carbocycles. The zero-order valence-electron chi connectivity index (χ0n) is 16.9. The van der Waals surface area contributed by atoms with Crippen LogP contribution in [-0.4, -0.2) is 59.7 Å². The van der Waals surface area contributed by atoms with Gasteiger partial charge in [0.15, 0.2) is 0 Å². The summed E-state index contributed by atoms with van der Waals surface area (Å²) in [7, 11) is 3.05. The molecule has 8 heteroatoms. The van der Waals surface area contributed by atoms with Crippen LogP contribution in [0.2, 0.25) is 25.7 Å². The van der Waals surface area contributed by atoms with Crippen molar-refractivity contribution in [2.45, 2.75) is 45.8 Å². The first-order valence-electron chi connectivity index (χ1n) is 9.08. The third-order valence-electron chi connectivity index (χ3n) is 3.99. The van der Waals surface area contributed by atoms with Crippen LogP contribution in [0.3, 0.4) is 0 Å². The van der Waals surface area contributed by atoms with Gasteiger partial charge >= 0.3 is 0 Å². The highest BCUT2D eigenvalue weighted by atomic mass is 28.3. The lowest BCUT2D eigenvalue weighted by Crippen LogP contribution is -2.22. The van der Waals surface area contributed by atoms with Gasteiger partial charge in [-0.3, -0.25) is 9.88 Å². The fourth-order valence-corrected chi connectivity index (χ4v) is 3.09. The van der Waals surface area contributed by atoms with Crippen molar-refractivity contribution in [2.75, 3.05) is 32.6 Å². The first-order chi connectivity index (χ1) is 12.2. The third kappa shape index (κ3) is 6.85. The molecule has 0 fully saturated rings. The Morgan fingerprint density at radius 1 is 1.23 bits per heavy atom. The van der Waals surface area contributed by atoms with E-state index in [1.165, 1.54) is 0 Å². The molecule has 0 atom stereocenters. The van der Waals surface area contributed by atoms with Gasteiger partial charge in [0.2, 0.25) is 11.9 Å². The molecule has 7 nitrogen and oxygen atoms in total. The molecular formula is C18H32N6OSi. The van der Waals surface area contributed by atoms with Crippen LogP contribution >= 0.6 is 0 Å². The van der Waals surface area contributed by atoms with E-state index < -0.39 is 8.07 Å². The van der Waals surface area contributed by atoms with Gasteiger partial charge in [0, 0.05) is 45.2 Å². The predicted octanol–water partition coefficient (Wildman–Crippen LogP) is 3.14. The minimum absolute atomic E-state index is 0.487. The van der Waals surface area contributed by atoms with E-state index in [2.05, 4.69) is 63.5 Å². The number of aryl methyl sites for hydroxylation is 1. The maximum Gasteiger partial charge on any atom is 0.229 e. The van der Waals surface area contributed by atoms with Gasteiger partial charge in [-0.05, 0) is 33.1 Å². The molecule has 2 aromatic rings. The van der Waals surface area contributed by atoms with Crippen LogP contribution in [0.15, 0.2) is 18.5 Å². The lowest BCUT2D eigenvalue weighted by molar-refractivity contribution is 0.0866. The lowest BCUT2D eigenvalue weighted by atomic mass is 10.3. The number of rotatable bonds is 10. The summed E-state index contributed by atoms with van der Waals surface area (Å²) in [5.41, 5.74) is 2.06. The van der Waals surface area contributed by atoms with Crippen molar-refractivity contribution in [3.05, 3.63) is 29.8 Å². The fraction of sp³-hybridized carbons (Fsp3) is 0.611. The van der Waals surface area contributed by atoms with Gasteiger partial charge in [-0.2, -0.15) is 0 Å². The van der Waals surface area contributed by atoms with Crippen LogP contribution in [0.4, 0.5) is 11.9 Å². The first kappa shape index (κ1) is 20.5. The van der Waals surface area contributed by atoms with Crippen LogP contribution in [0, 0.1) is 6.92 Å². The molecule has 2 aromatic heterocycles. The van der Waals surface area contributed by atoms with Crippen molar-refractivity contribution in [3.8, 4) is 0 Å². The van der Waals surface area contributed by atoms with Crippen LogP contribution in [0.25, 0.3) is 0 Å². The second kappa shape index (κ2) is 9.25. The Morgan fingerprint density at radius 2 is 2.00 bits per heavy atom. The molecule has 144 valence electrons. The van der Waals surface area contributed by atoms with E-state index >= 15 is 0 Å². The van der Waals surface area contributed by atoms with Crippen molar-refractivity contribution in [1.82, 2.24) is 24.4 Å². The summed E-state index contributed by atoms with van der Waals surface area (Å²) in [4.78, 5) is 15.4. The Kier molecular flexibility index (Phi) is 7.30. The van der Waals surface area contributed by atoms with Crippen molar-refractivity contribution in [2.24, 2.45) is 0 Å². The number of hydrogen-bond donors (Lipinski definition) is 1. The Morgan fingerprint density at radius 3 is 2.65 bits per heavy atom. The number of nitrogens with one attached hydrogen (secondary N) is 1. The summed E-state index contributed by atoms with van der Waals surface area (Å²) in [5, 5.41) is 3.22. The van der Waals surface area contributed by atoms with Crippen LogP contribution in [-0.2, 0) is 17.9 Å². The maximum absolute atomic E-state index is 5.97. The van der Waals surface area contributed by atoms with Gasteiger partial charge in [0.05, 0.1) is 6.20 Å². The minimum Gasteiger partial charge on any atom is -0.361 e. The van der Waals surface area contributed by atoms with Crippen molar-refractivity contribution >= 4 is 20.0 Å². The zero-order chi connectivity index (χ0) is 19.2. The number of hydrogen-bond acceptors (Lipinski definition) is 6. The van der Waals surface area contributed by atoms with E-state index in [-0.39, 0.29) is 0 Å². The number of anilines is 2. The normalized spacial score (nSPS) is 12.0.